The lowest BCUT2D eigenvalue weighted by molar-refractivity contribution is -0.120. The highest BCUT2D eigenvalue weighted by molar-refractivity contribution is 5.92. The van der Waals surface area contributed by atoms with Crippen molar-refractivity contribution in [3.63, 3.8) is 0 Å². The van der Waals surface area contributed by atoms with Crippen molar-refractivity contribution in [2.45, 2.75) is 6.10 Å². The van der Waals surface area contributed by atoms with E-state index in [2.05, 4.69) is 5.32 Å². The number of carbonyl (C=O) groups is 1. The van der Waals surface area contributed by atoms with Crippen molar-refractivity contribution in [3.05, 3.63) is 29.8 Å². The van der Waals surface area contributed by atoms with Gasteiger partial charge in [-0.05, 0) is 12.1 Å². The lowest BCUT2D eigenvalue weighted by Crippen LogP contribution is -2.46. The van der Waals surface area contributed by atoms with Crippen molar-refractivity contribution in [1.29, 1.82) is 0 Å². The maximum Gasteiger partial charge on any atom is 0.238 e. The summed E-state index contributed by atoms with van der Waals surface area (Å²) in [5, 5.41) is 11.2. The summed E-state index contributed by atoms with van der Waals surface area (Å²) in [6.45, 7) is 1.22. The minimum absolute atomic E-state index is 0.00632. The van der Waals surface area contributed by atoms with Crippen molar-refractivity contribution in [3.8, 4) is 0 Å². The molecule has 0 bridgehead atoms. The third-order valence-electron chi connectivity index (χ3n) is 3.02. The number of hydrogen-bond acceptors (Lipinski definition) is 4. The van der Waals surface area contributed by atoms with Gasteiger partial charge in [-0.15, -0.1) is 0 Å². The average molecular weight is 286 g/mol. The van der Waals surface area contributed by atoms with Crippen molar-refractivity contribution in [2.24, 2.45) is 0 Å². The number of hydrogen-bond donors (Lipinski definition) is 2. The Morgan fingerprint density at radius 1 is 1.45 bits per heavy atom. The van der Waals surface area contributed by atoms with E-state index in [4.69, 9.17) is 9.84 Å². The molecule has 1 aromatic carbocycles. The summed E-state index contributed by atoms with van der Waals surface area (Å²) in [4.78, 5) is 13.6. The number of nitrogens with zero attached hydrogens (tertiary/aromatic N) is 1. The van der Waals surface area contributed by atoms with Crippen LogP contribution in [0.1, 0.15) is 0 Å². The molecule has 1 aromatic rings. The minimum Gasteiger partial charge on any atom is -0.394 e. The maximum atomic E-state index is 13.4. The SMILES string of the molecule is O=C(CN1CCOC(CO)C1)Nc1c(F)cccc1F. The fourth-order valence-corrected chi connectivity index (χ4v) is 2.03. The maximum absolute atomic E-state index is 13.4. The van der Waals surface area contributed by atoms with Gasteiger partial charge in [-0.1, -0.05) is 6.07 Å². The summed E-state index contributed by atoms with van der Waals surface area (Å²) in [5.74, 6) is -2.13. The Hall–Kier alpha value is -1.57. The van der Waals surface area contributed by atoms with Crippen LogP contribution in [0.4, 0.5) is 14.5 Å². The van der Waals surface area contributed by atoms with E-state index in [-0.39, 0.29) is 19.3 Å². The molecule has 1 atom stereocenters. The lowest BCUT2D eigenvalue weighted by atomic mass is 10.2. The number of rotatable bonds is 4. The number of para-hydroxylation sites is 1. The molecule has 0 saturated carbocycles. The fourth-order valence-electron chi connectivity index (χ4n) is 2.03. The third kappa shape index (κ3) is 3.72. The summed E-state index contributed by atoms with van der Waals surface area (Å²) in [6.07, 6.45) is -0.332. The zero-order valence-corrected chi connectivity index (χ0v) is 10.8. The van der Waals surface area contributed by atoms with E-state index in [1.165, 1.54) is 6.07 Å². The van der Waals surface area contributed by atoms with Gasteiger partial charge in [0.05, 0.1) is 25.9 Å². The van der Waals surface area contributed by atoms with Crippen LogP contribution in [-0.4, -0.2) is 54.9 Å². The Morgan fingerprint density at radius 3 is 2.80 bits per heavy atom. The van der Waals surface area contributed by atoms with Crippen LogP contribution in [0.25, 0.3) is 0 Å². The molecule has 5 nitrogen and oxygen atoms in total. The molecule has 2 rings (SSSR count). The van der Waals surface area contributed by atoms with E-state index in [9.17, 15) is 13.6 Å². The Bertz CT molecular complexity index is 464. The second-order valence-electron chi connectivity index (χ2n) is 4.56. The van der Waals surface area contributed by atoms with Crippen LogP contribution in [0, 0.1) is 11.6 Å². The van der Waals surface area contributed by atoms with E-state index in [0.717, 1.165) is 12.1 Å². The van der Waals surface area contributed by atoms with Crippen molar-refractivity contribution >= 4 is 11.6 Å². The van der Waals surface area contributed by atoms with Gasteiger partial charge in [0.1, 0.15) is 17.3 Å². The number of aliphatic hydroxyl groups is 1. The summed E-state index contributed by atoms with van der Waals surface area (Å²) >= 11 is 0. The Kier molecular flexibility index (Phi) is 4.99. The van der Waals surface area contributed by atoms with Crippen molar-refractivity contribution in [2.75, 3.05) is 38.2 Å². The molecule has 1 unspecified atom stereocenters. The Morgan fingerprint density at radius 2 is 2.15 bits per heavy atom. The van der Waals surface area contributed by atoms with Crippen LogP contribution in [0.3, 0.4) is 0 Å². The summed E-state index contributed by atoms with van der Waals surface area (Å²) in [6, 6.07) is 3.39. The normalized spacial score (nSPS) is 19.9. The molecule has 2 N–H and O–H groups in total. The van der Waals surface area contributed by atoms with E-state index in [0.29, 0.717) is 19.7 Å². The smallest absolute Gasteiger partial charge is 0.238 e. The van der Waals surface area contributed by atoms with Gasteiger partial charge in [0, 0.05) is 13.1 Å². The highest BCUT2D eigenvalue weighted by Crippen LogP contribution is 2.18. The molecule has 0 aromatic heterocycles. The number of amides is 1. The predicted molar refractivity (Wildman–Crippen MR) is 68.3 cm³/mol. The van der Waals surface area contributed by atoms with E-state index in [1.807, 2.05) is 0 Å². The molecule has 0 spiro atoms. The highest BCUT2D eigenvalue weighted by atomic mass is 19.1. The van der Waals surface area contributed by atoms with E-state index >= 15 is 0 Å². The number of carbonyl (C=O) groups excluding carboxylic acids is 1. The minimum atomic E-state index is -0.812. The summed E-state index contributed by atoms with van der Waals surface area (Å²) in [7, 11) is 0. The molecule has 7 heteroatoms. The standard InChI is InChI=1S/C13H16F2N2O3/c14-10-2-1-3-11(15)13(10)16-12(19)7-17-4-5-20-9(6-17)8-18/h1-3,9,18H,4-8H2,(H,16,19). The number of ether oxygens (including phenoxy) is 1. The number of nitrogens with one attached hydrogen (secondary N) is 1. The first-order valence-corrected chi connectivity index (χ1v) is 6.29. The number of aliphatic hydroxyl groups excluding tert-OH is 1. The first-order chi connectivity index (χ1) is 9.60. The Balaban J connectivity index is 1.92. The molecule has 1 fully saturated rings. The number of anilines is 1. The van der Waals surface area contributed by atoms with Gasteiger partial charge in [-0.25, -0.2) is 8.78 Å². The third-order valence-corrected chi connectivity index (χ3v) is 3.02. The quantitative estimate of drug-likeness (QED) is 0.851. The summed E-state index contributed by atoms with van der Waals surface area (Å²) < 4.78 is 32.0. The molecule has 1 saturated heterocycles. The molecule has 110 valence electrons. The molecular formula is C13H16F2N2O3. The predicted octanol–water partition coefficient (Wildman–Crippen LogP) is 0.596. The topological polar surface area (TPSA) is 61.8 Å². The first kappa shape index (κ1) is 14.8. The fraction of sp³-hybridized carbons (Fsp3) is 0.462. The van der Waals surface area contributed by atoms with Crippen LogP contribution in [-0.2, 0) is 9.53 Å². The zero-order chi connectivity index (χ0) is 14.5. The molecule has 1 amide bonds. The monoisotopic (exact) mass is 286 g/mol. The molecule has 1 heterocycles. The van der Waals surface area contributed by atoms with Crippen LogP contribution in [0.5, 0.6) is 0 Å². The van der Waals surface area contributed by atoms with Crippen LogP contribution in [0.2, 0.25) is 0 Å². The molecule has 0 radical (unpaired) electrons. The molecular weight excluding hydrogens is 270 g/mol. The van der Waals surface area contributed by atoms with E-state index in [1.54, 1.807) is 4.90 Å². The van der Waals surface area contributed by atoms with Gasteiger partial charge in [-0.2, -0.15) is 0 Å². The Labute approximate surface area is 115 Å². The van der Waals surface area contributed by atoms with Crippen LogP contribution in [0.15, 0.2) is 18.2 Å². The lowest BCUT2D eigenvalue weighted by Gasteiger charge is -2.31. The molecule has 0 aliphatic carbocycles. The molecule has 20 heavy (non-hydrogen) atoms. The largest absolute Gasteiger partial charge is 0.394 e. The highest BCUT2D eigenvalue weighted by Gasteiger charge is 2.22. The van der Waals surface area contributed by atoms with Gasteiger partial charge < -0.3 is 15.2 Å². The molecule has 1 aliphatic heterocycles. The van der Waals surface area contributed by atoms with Crippen LogP contribution < -0.4 is 5.32 Å². The number of morpholine rings is 1. The average Bonchev–Trinajstić information content (AvgIpc) is 2.43. The van der Waals surface area contributed by atoms with Gasteiger partial charge in [0.2, 0.25) is 5.91 Å². The second-order valence-corrected chi connectivity index (χ2v) is 4.56. The first-order valence-electron chi connectivity index (χ1n) is 6.29. The van der Waals surface area contributed by atoms with Crippen LogP contribution >= 0.6 is 0 Å². The summed E-state index contributed by atoms with van der Waals surface area (Å²) in [5.41, 5.74) is -0.440. The zero-order valence-electron chi connectivity index (χ0n) is 10.8. The van der Waals surface area contributed by atoms with Gasteiger partial charge in [0.15, 0.2) is 0 Å². The number of halogens is 2. The van der Waals surface area contributed by atoms with Crippen molar-refractivity contribution in [1.82, 2.24) is 4.90 Å². The second kappa shape index (κ2) is 6.74. The van der Waals surface area contributed by atoms with Gasteiger partial charge >= 0.3 is 0 Å². The number of benzene rings is 1. The van der Waals surface area contributed by atoms with Gasteiger partial charge in [-0.3, -0.25) is 9.69 Å². The van der Waals surface area contributed by atoms with E-state index < -0.39 is 23.2 Å². The molecule has 1 aliphatic rings. The van der Waals surface area contributed by atoms with Crippen molar-refractivity contribution < 1.29 is 23.4 Å². The van der Waals surface area contributed by atoms with Gasteiger partial charge in [0.25, 0.3) is 0 Å².